The summed E-state index contributed by atoms with van der Waals surface area (Å²) >= 11 is 1.36. The first-order valence-corrected chi connectivity index (χ1v) is 9.60. The molecule has 0 saturated heterocycles. The molecule has 0 aliphatic carbocycles. The highest BCUT2D eigenvalue weighted by Gasteiger charge is 2.21. The molecule has 0 fully saturated rings. The number of fused-ring (bicyclic) bond motifs is 1. The van der Waals surface area contributed by atoms with Crippen LogP contribution in [-0.2, 0) is 0 Å². The molecule has 3 heterocycles. The quantitative estimate of drug-likeness (QED) is 0.515. The molecule has 4 aromatic rings. The lowest BCUT2D eigenvalue weighted by molar-refractivity contribution is 0.102. The zero-order chi connectivity index (χ0) is 19.8. The van der Waals surface area contributed by atoms with Gasteiger partial charge in [0, 0.05) is 10.9 Å². The van der Waals surface area contributed by atoms with E-state index in [2.05, 4.69) is 20.4 Å². The van der Waals surface area contributed by atoms with Crippen LogP contribution in [0.25, 0.3) is 22.4 Å². The van der Waals surface area contributed by atoms with Gasteiger partial charge in [0.25, 0.3) is 11.6 Å². The number of aromatic nitrogens is 3. The summed E-state index contributed by atoms with van der Waals surface area (Å²) in [6.07, 6.45) is 0. The van der Waals surface area contributed by atoms with Crippen LogP contribution in [0.1, 0.15) is 41.5 Å². The van der Waals surface area contributed by atoms with Crippen molar-refractivity contribution in [1.29, 1.82) is 0 Å². The minimum absolute atomic E-state index is 0.186. The molecule has 4 rings (SSSR count). The lowest BCUT2D eigenvalue weighted by Gasteiger charge is -2.07. The van der Waals surface area contributed by atoms with Crippen LogP contribution >= 0.6 is 11.3 Å². The van der Waals surface area contributed by atoms with Crippen LogP contribution in [0.3, 0.4) is 0 Å². The van der Waals surface area contributed by atoms with Gasteiger partial charge in [-0.15, -0.1) is 11.3 Å². The molecular weight excluding hydrogens is 379 g/mol. The standard InChI is InChI=1S/C20H17FN4O2S/c1-10(2)16-9-28-20(23-16)24-18(26)13-8-15(12-6-4-5-7-14(12)21)22-19-17(13)11(3)25-27-19/h4-10H,1-3H3,(H,23,24,26). The van der Waals surface area contributed by atoms with Gasteiger partial charge in [0.05, 0.1) is 28.0 Å². The van der Waals surface area contributed by atoms with Gasteiger partial charge in [-0.05, 0) is 31.0 Å². The number of benzene rings is 1. The number of anilines is 1. The molecule has 0 spiro atoms. The highest BCUT2D eigenvalue weighted by Crippen LogP contribution is 2.29. The maximum atomic E-state index is 14.2. The third-order valence-corrected chi connectivity index (χ3v) is 5.12. The van der Waals surface area contributed by atoms with E-state index in [1.807, 2.05) is 19.2 Å². The molecule has 0 bridgehead atoms. The number of thiazole rings is 1. The number of rotatable bonds is 4. The van der Waals surface area contributed by atoms with Gasteiger partial charge >= 0.3 is 0 Å². The molecule has 1 N–H and O–H groups in total. The zero-order valence-corrected chi connectivity index (χ0v) is 16.3. The Hall–Kier alpha value is -3.13. The highest BCUT2D eigenvalue weighted by atomic mass is 32.1. The van der Waals surface area contributed by atoms with E-state index in [0.29, 0.717) is 27.5 Å². The minimum Gasteiger partial charge on any atom is -0.335 e. The summed E-state index contributed by atoms with van der Waals surface area (Å²) in [6, 6.07) is 7.80. The summed E-state index contributed by atoms with van der Waals surface area (Å²) in [5.41, 5.74) is 2.52. The first-order valence-electron chi connectivity index (χ1n) is 8.72. The maximum absolute atomic E-state index is 14.2. The van der Waals surface area contributed by atoms with Crippen molar-refractivity contribution in [2.45, 2.75) is 26.7 Å². The largest absolute Gasteiger partial charge is 0.335 e. The van der Waals surface area contributed by atoms with E-state index in [4.69, 9.17) is 4.52 Å². The predicted molar refractivity (Wildman–Crippen MR) is 106 cm³/mol. The molecule has 142 valence electrons. The van der Waals surface area contributed by atoms with Crippen LogP contribution in [0.4, 0.5) is 9.52 Å². The molecule has 3 aromatic heterocycles. The summed E-state index contributed by atoms with van der Waals surface area (Å²) in [5, 5.41) is 9.63. The molecular formula is C20H17FN4O2S. The highest BCUT2D eigenvalue weighted by molar-refractivity contribution is 7.14. The second-order valence-electron chi connectivity index (χ2n) is 6.67. The fourth-order valence-corrected chi connectivity index (χ4v) is 3.72. The van der Waals surface area contributed by atoms with Crippen LogP contribution < -0.4 is 5.32 Å². The van der Waals surface area contributed by atoms with Crippen molar-refractivity contribution in [2.24, 2.45) is 0 Å². The first kappa shape index (κ1) is 18.2. The molecule has 0 saturated carbocycles. The third-order valence-electron chi connectivity index (χ3n) is 4.35. The Morgan fingerprint density at radius 3 is 2.75 bits per heavy atom. The second kappa shape index (κ2) is 7.12. The third kappa shape index (κ3) is 3.27. The van der Waals surface area contributed by atoms with Gasteiger partial charge in [-0.1, -0.05) is 31.1 Å². The van der Waals surface area contributed by atoms with E-state index < -0.39 is 5.82 Å². The summed E-state index contributed by atoms with van der Waals surface area (Å²) in [6.45, 7) is 5.80. The molecule has 0 aliphatic heterocycles. The number of pyridine rings is 1. The number of nitrogens with zero attached hydrogens (tertiary/aromatic N) is 3. The van der Waals surface area contributed by atoms with E-state index >= 15 is 0 Å². The Bertz CT molecular complexity index is 1180. The van der Waals surface area contributed by atoms with E-state index in [1.54, 1.807) is 31.2 Å². The number of hydrogen-bond acceptors (Lipinski definition) is 6. The van der Waals surface area contributed by atoms with Gasteiger partial charge < -0.3 is 4.52 Å². The van der Waals surface area contributed by atoms with Crippen LogP contribution in [0, 0.1) is 12.7 Å². The first-order chi connectivity index (χ1) is 13.4. The van der Waals surface area contributed by atoms with Crippen molar-refractivity contribution in [3.05, 3.63) is 58.5 Å². The SMILES string of the molecule is Cc1noc2nc(-c3ccccc3F)cc(C(=O)Nc3nc(C(C)C)cs3)c12. The average molecular weight is 396 g/mol. The summed E-state index contributed by atoms with van der Waals surface area (Å²) in [4.78, 5) is 21.8. The number of carbonyl (C=O) groups is 1. The molecule has 0 unspecified atom stereocenters. The summed E-state index contributed by atoms with van der Waals surface area (Å²) < 4.78 is 19.5. The van der Waals surface area contributed by atoms with Gasteiger partial charge in [0.15, 0.2) is 5.13 Å². The van der Waals surface area contributed by atoms with Crippen LogP contribution in [0.15, 0.2) is 40.2 Å². The lowest BCUT2D eigenvalue weighted by Crippen LogP contribution is -2.13. The average Bonchev–Trinajstić information content (AvgIpc) is 3.28. The van der Waals surface area contributed by atoms with E-state index in [1.165, 1.54) is 17.4 Å². The maximum Gasteiger partial charge on any atom is 0.259 e. The number of carbonyl (C=O) groups excluding carboxylic acids is 1. The predicted octanol–water partition coefficient (Wildman–Crippen LogP) is 5.17. The van der Waals surface area contributed by atoms with Crippen molar-refractivity contribution in [3.63, 3.8) is 0 Å². The number of aryl methyl sites for hydroxylation is 1. The lowest BCUT2D eigenvalue weighted by atomic mass is 10.0. The van der Waals surface area contributed by atoms with Gasteiger partial charge in [-0.2, -0.15) is 0 Å². The molecule has 0 aliphatic rings. The van der Waals surface area contributed by atoms with Crippen LogP contribution in [0.5, 0.6) is 0 Å². The van der Waals surface area contributed by atoms with Crippen molar-refractivity contribution in [1.82, 2.24) is 15.1 Å². The molecule has 8 heteroatoms. The Kier molecular flexibility index (Phi) is 4.64. The Morgan fingerprint density at radius 1 is 1.25 bits per heavy atom. The van der Waals surface area contributed by atoms with Crippen molar-refractivity contribution in [2.75, 3.05) is 5.32 Å². The van der Waals surface area contributed by atoms with Gasteiger partial charge in [-0.3, -0.25) is 10.1 Å². The van der Waals surface area contributed by atoms with Crippen molar-refractivity contribution >= 4 is 33.5 Å². The van der Waals surface area contributed by atoms with E-state index in [9.17, 15) is 9.18 Å². The number of hydrogen-bond donors (Lipinski definition) is 1. The number of amides is 1. The summed E-state index contributed by atoms with van der Waals surface area (Å²) in [7, 11) is 0. The second-order valence-corrected chi connectivity index (χ2v) is 7.53. The Labute approximate surface area is 164 Å². The fourth-order valence-electron chi connectivity index (χ4n) is 2.85. The Balaban J connectivity index is 1.79. The Morgan fingerprint density at radius 2 is 2.04 bits per heavy atom. The van der Waals surface area contributed by atoms with Crippen LogP contribution in [-0.4, -0.2) is 21.0 Å². The monoisotopic (exact) mass is 396 g/mol. The topological polar surface area (TPSA) is 80.9 Å². The minimum atomic E-state index is -0.432. The zero-order valence-electron chi connectivity index (χ0n) is 15.5. The van der Waals surface area contributed by atoms with E-state index in [-0.39, 0.29) is 23.1 Å². The van der Waals surface area contributed by atoms with E-state index in [0.717, 1.165) is 5.69 Å². The normalized spacial score (nSPS) is 11.3. The number of nitrogens with one attached hydrogen (secondary N) is 1. The molecule has 1 aromatic carbocycles. The smallest absolute Gasteiger partial charge is 0.259 e. The molecule has 1 amide bonds. The van der Waals surface area contributed by atoms with Crippen molar-refractivity contribution in [3.8, 4) is 11.3 Å². The molecule has 0 atom stereocenters. The fraction of sp³-hybridized carbons (Fsp3) is 0.200. The van der Waals surface area contributed by atoms with Gasteiger partial charge in [0.1, 0.15) is 5.82 Å². The summed E-state index contributed by atoms with van der Waals surface area (Å²) in [5.74, 6) is -0.540. The van der Waals surface area contributed by atoms with Gasteiger partial charge in [-0.25, -0.2) is 14.4 Å². The number of halogens is 1. The van der Waals surface area contributed by atoms with Crippen molar-refractivity contribution < 1.29 is 13.7 Å². The molecule has 6 nitrogen and oxygen atoms in total. The molecule has 0 radical (unpaired) electrons. The van der Waals surface area contributed by atoms with Gasteiger partial charge in [0.2, 0.25) is 0 Å². The van der Waals surface area contributed by atoms with Crippen LogP contribution in [0.2, 0.25) is 0 Å². The molecule has 28 heavy (non-hydrogen) atoms.